The van der Waals surface area contributed by atoms with E-state index in [-0.39, 0.29) is 17.5 Å². The lowest BCUT2D eigenvalue weighted by Gasteiger charge is -2.06. The molecule has 2 aromatic carbocycles. The number of hydrogen-bond donors (Lipinski definition) is 1. The van der Waals surface area contributed by atoms with Crippen LogP contribution in [0.15, 0.2) is 60.0 Å². The van der Waals surface area contributed by atoms with Gasteiger partial charge in [0.25, 0.3) is 0 Å². The Hall–Kier alpha value is -3.04. The van der Waals surface area contributed by atoms with Gasteiger partial charge >= 0.3 is 0 Å². The van der Waals surface area contributed by atoms with Crippen molar-refractivity contribution in [3.63, 3.8) is 0 Å². The van der Waals surface area contributed by atoms with E-state index < -0.39 is 0 Å². The molecular weight excluding hydrogens is 421 g/mol. The number of thiazole rings is 1. The molecule has 6 nitrogen and oxygen atoms in total. The summed E-state index contributed by atoms with van der Waals surface area (Å²) in [5, 5.41) is 12.0. The van der Waals surface area contributed by atoms with Gasteiger partial charge < -0.3 is 5.32 Å². The normalized spacial score (nSPS) is 10.9. The maximum absolute atomic E-state index is 13.1. The van der Waals surface area contributed by atoms with Crippen molar-refractivity contribution in [1.29, 1.82) is 0 Å². The minimum atomic E-state index is -0.296. The highest BCUT2D eigenvalue weighted by molar-refractivity contribution is 7.99. The van der Waals surface area contributed by atoms with E-state index in [0.29, 0.717) is 10.3 Å². The van der Waals surface area contributed by atoms with Gasteiger partial charge in [0.1, 0.15) is 12.1 Å². The summed E-state index contributed by atoms with van der Waals surface area (Å²) in [5.41, 5.74) is 3.65. The molecule has 0 aliphatic rings. The van der Waals surface area contributed by atoms with Crippen LogP contribution in [0.25, 0.3) is 16.9 Å². The fourth-order valence-corrected chi connectivity index (χ4v) is 4.40. The van der Waals surface area contributed by atoms with Crippen LogP contribution in [0.3, 0.4) is 0 Å². The zero-order valence-corrected chi connectivity index (χ0v) is 17.9. The van der Waals surface area contributed by atoms with Crippen molar-refractivity contribution >= 4 is 34.1 Å². The van der Waals surface area contributed by atoms with Crippen LogP contribution in [0.5, 0.6) is 0 Å². The van der Waals surface area contributed by atoms with Gasteiger partial charge in [0.2, 0.25) is 5.91 Å². The SMILES string of the molecule is Cc1ccc(-n2cnnc2SCC(=O)Nc2nc(-c3ccc(F)cc3)c(C)s2)cc1. The number of aromatic nitrogens is 4. The Balaban J connectivity index is 1.41. The van der Waals surface area contributed by atoms with Crippen LogP contribution >= 0.6 is 23.1 Å². The molecule has 0 unspecified atom stereocenters. The van der Waals surface area contributed by atoms with E-state index in [4.69, 9.17) is 0 Å². The molecule has 1 N–H and O–H groups in total. The highest BCUT2D eigenvalue weighted by atomic mass is 32.2. The zero-order chi connectivity index (χ0) is 21.1. The first-order chi connectivity index (χ1) is 14.5. The van der Waals surface area contributed by atoms with Crippen LogP contribution in [0.2, 0.25) is 0 Å². The number of carbonyl (C=O) groups is 1. The molecular formula is C21H18FN5OS2. The highest BCUT2D eigenvalue weighted by Gasteiger charge is 2.14. The summed E-state index contributed by atoms with van der Waals surface area (Å²) < 4.78 is 15.0. The lowest BCUT2D eigenvalue weighted by Crippen LogP contribution is -2.14. The molecule has 0 spiro atoms. The third-order valence-electron chi connectivity index (χ3n) is 4.32. The van der Waals surface area contributed by atoms with E-state index in [1.807, 2.05) is 42.7 Å². The number of anilines is 1. The van der Waals surface area contributed by atoms with Crippen molar-refractivity contribution in [2.24, 2.45) is 0 Å². The summed E-state index contributed by atoms with van der Waals surface area (Å²) in [5.74, 6) is -0.303. The molecule has 4 rings (SSSR count). The fourth-order valence-electron chi connectivity index (χ4n) is 2.82. The molecule has 0 saturated heterocycles. The quantitative estimate of drug-likeness (QED) is 0.434. The molecule has 0 bridgehead atoms. The molecule has 2 aromatic heterocycles. The third-order valence-corrected chi connectivity index (χ3v) is 6.15. The Morgan fingerprint density at radius 3 is 2.60 bits per heavy atom. The molecule has 0 radical (unpaired) electrons. The van der Waals surface area contributed by atoms with Crippen LogP contribution in [-0.4, -0.2) is 31.4 Å². The van der Waals surface area contributed by atoms with Crippen molar-refractivity contribution in [2.45, 2.75) is 19.0 Å². The fraction of sp³-hybridized carbons (Fsp3) is 0.143. The van der Waals surface area contributed by atoms with E-state index in [9.17, 15) is 9.18 Å². The number of halogens is 1. The van der Waals surface area contributed by atoms with Crippen LogP contribution in [0.1, 0.15) is 10.4 Å². The number of benzene rings is 2. The number of thioether (sulfide) groups is 1. The van der Waals surface area contributed by atoms with Crippen molar-refractivity contribution in [3.8, 4) is 16.9 Å². The van der Waals surface area contributed by atoms with Crippen LogP contribution in [-0.2, 0) is 4.79 Å². The number of aryl methyl sites for hydroxylation is 2. The summed E-state index contributed by atoms with van der Waals surface area (Å²) in [6.45, 7) is 3.95. The number of rotatable bonds is 6. The van der Waals surface area contributed by atoms with Crippen molar-refractivity contribution in [1.82, 2.24) is 19.7 Å². The van der Waals surface area contributed by atoms with Crippen molar-refractivity contribution < 1.29 is 9.18 Å². The number of amides is 1. The van der Waals surface area contributed by atoms with Gasteiger partial charge in [0.15, 0.2) is 10.3 Å². The average molecular weight is 440 g/mol. The maximum Gasteiger partial charge on any atom is 0.236 e. The summed E-state index contributed by atoms with van der Waals surface area (Å²) in [6.07, 6.45) is 1.63. The summed E-state index contributed by atoms with van der Waals surface area (Å²) in [4.78, 5) is 17.9. The molecule has 0 saturated carbocycles. The second-order valence-corrected chi connectivity index (χ2v) is 8.73. The Morgan fingerprint density at radius 1 is 1.13 bits per heavy atom. The largest absolute Gasteiger partial charge is 0.301 e. The van der Waals surface area contributed by atoms with Gasteiger partial charge in [-0.3, -0.25) is 9.36 Å². The third kappa shape index (κ3) is 4.58. The molecule has 0 aliphatic carbocycles. The smallest absolute Gasteiger partial charge is 0.236 e. The monoisotopic (exact) mass is 439 g/mol. The summed E-state index contributed by atoms with van der Waals surface area (Å²) in [7, 11) is 0. The van der Waals surface area contributed by atoms with Gasteiger partial charge in [-0.1, -0.05) is 29.5 Å². The minimum Gasteiger partial charge on any atom is -0.301 e. The Labute approximate surface area is 181 Å². The molecule has 2 heterocycles. The van der Waals surface area contributed by atoms with E-state index in [0.717, 1.165) is 21.8 Å². The van der Waals surface area contributed by atoms with Gasteiger partial charge in [-0.15, -0.1) is 21.5 Å². The van der Waals surface area contributed by atoms with Gasteiger partial charge in [0.05, 0.1) is 11.4 Å². The first-order valence-electron chi connectivity index (χ1n) is 9.12. The molecule has 0 aliphatic heterocycles. The summed E-state index contributed by atoms with van der Waals surface area (Å²) in [6, 6.07) is 14.1. The van der Waals surface area contributed by atoms with Crippen LogP contribution in [0.4, 0.5) is 9.52 Å². The van der Waals surface area contributed by atoms with Gasteiger partial charge in [-0.25, -0.2) is 9.37 Å². The molecule has 152 valence electrons. The number of nitrogens with zero attached hydrogens (tertiary/aromatic N) is 4. The molecule has 30 heavy (non-hydrogen) atoms. The number of nitrogens with one attached hydrogen (secondary N) is 1. The second-order valence-electron chi connectivity index (χ2n) is 6.59. The zero-order valence-electron chi connectivity index (χ0n) is 16.3. The van der Waals surface area contributed by atoms with E-state index >= 15 is 0 Å². The topological polar surface area (TPSA) is 72.7 Å². The number of hydrogen-bond acceptors (Lipinski definition) is 6. The first kappa shape index (κ1) is 20.2. The van der Waals surface area contributed by atoms with Gasteiger partial charge in [-0.05, 0) is 50.2 Å². The lowest BCUT2D eigenvalue weighted by atomic mass is 10.1. The second kappa shape index (κ2) is 8.76. The Bertz CT molecular complexity index is 1170. The van der Waals surface area contributed by atoms with E-state index in [1.54, 1.807) is 18.5 Å². The first-order valence-corrected chi connectivity index (χ1v) is 10.9. The lowest BCUT2D eigenvalue weighted by molar-refractivity contribution is -0.113. The molecule has 0 fully saturated rings. The number of carbonyl (C=O) groups excluding carboxylic acids is 1. The summed E-state index contributed by atoms with van der Waals surface area (Å²) >= 11 is 2.69. The molecule has 1 amide bonds. The van der Waals surface area contributed by atoms with Gasteiger partial charge in [-0.2, -0.15) is 0 Å². The standard InChI is InChI=1S/C21H18FN5OS2/c1-13-3-9-17(10-4-13)27-12-23-26-21(27)29-11-18(28)24-20-25-19(14(2)30-20)15-5-7-16(22)8-6-15/h3-10,12H,11H2,1-2H3,(H,24,25,28). The molecule has 9 heteroatoms. The van der Waals surface area contributed by atoms with Crippen molar-refractivity contribution in [3.05, 3.63) is 71.1 Å². The Kier molecular flexibility index (Phi) is 5.91. The minimum absolute atomic E-state index is 0.176. The van der Waals surface area contributed by atoms with Crippen molar-refractivity contribution in [2.75, 3.05) is 11.1 Å². The highest BCUT2D eigenvalue weighted by Crippen LogP contribution is 2.30. The maximum atomic E-state index is 13.1. The van der Waals surface area contributed by atoms with Crippen LogP contribution < -0.4 is 5.32 Å². The molecule has 0 atom stereocenters. The van der Waals surface area contributed by atoms with E-state index in [1.165, 1.54) is 40.8 Å². The Morgan fingerprint density at radius 2 is 1.87 bits per heavy atom. The van der Waals surface area contributed by atoms with Crippen LogP contribution in [0, 0.1) is 19.7 Å². The predicted molar refractivity (Wildman–Crippen MR) is 118 cm³/mol. The average Bonchev–Trinajstić information content (AvgIpc) is 3.34. The predicted octanol–water partition coefficient (Wildman–Crippen LogP) is 4.88. The molecule has 4 aromatic rings. The van der Waals surface area contributed by atoms with E-state index in [2.05, 4.69) is 20.5 Å². The van der Waals surface area contributed by atoms with Gasteiger partial charge in [0, 0.05) is 16.1 Å².